The number of nitrogens with one attached hydrogen (secondary N) is 1. The Kier molecular flexibility index (Phi) is 3.04. The van der Waals surface area contributed by atoms with Gasteiger partial charge in [0.05, 0.1) is 10.9 Å². The molecular weight excluding hydrogens is 296 g/mol. The van der Waals surface area contributed by atoms with Gasteiger partial charge in [-0.25, -0.2) is 8.42 Å². The minimum atomic E-state index is -3.46. The first-order chi connectivity index (χ1) is 10.6. The molecule has 2 aliphatic rings. The smallest absolute Gasteiger partial charge is 0.263 e. The molecule has 1 aliphatic carbocycles. The summed E-state index contributed by atoms with van der Waals surface area (Å²) in [6, 6.07) is 15.3. The van der Waals surface area contributed by atoms with Crippen LogP contribution >= 0.6 is 0 Å². The molecule has 4 rings (SSSR count). The largest absolute Gasteiger partial charge is 0.263 e. The minimum absolute atomic E-state index is 0.0220. The number of benzene rings is 2. The second-order valence-corrected chi connectivity index (χ2v) is 7.34. The van der Waals surface area contributed by atoms with E-state index in [0.717, 1.165) is 19.3 Å². The minimum Gasteiger partial charge on any atom is -0.263 e. The summed E-state index contributed by atoms with van der Waals surface area (Å²) in [5, 5.41) is 0. The molecule has 4 nitrogen and oxygen atoms in total. The Hall–Kier alpha value is -2.14. The van der Waals surface area contributed by atoms with Crippen LogP contribution in [0.4, 0.5) is 0 Å². The van der Waals surface area contributed by atoms with E-state index in [2.05, 4.69) is 16.9 Å². The maximum absolute atomic E-state index is 12.2. The molecule has 0 bridgehead atoms. The van der Waals surface area contributed by atoms with Crippen LogP contribution in [0.1, 0.15) is 35.6 Å². The molecule has 0 aromatic heterocycles. The van der Waals surface area contributed by atoms with Crippen molar-refractivity contribution in [1.29, 1.82) is 0 Å². The van der Waals surface area contributed by atoms with Gasteiger partial charge in [-0.1, -0.05) is 36.4 Å². The number of aliphatic imine (C=N–C) groups is 1. The highest BCUT2D eigenvalue weighted by molar-refractivity contribution is 7.90. The number of nitrogens with zero attached hydrogens (tertiary/aromatic N) is 1. The second kappa shape index (κ2) is 4.95. The lowest BCUT2D eigenvalue weighted by molar-refractivity contribution is 0.571. The third-order valence-electron chi connectivity index (χ3n) is 4.29. The van der Waals surface area contributed by atoms with Gasteiger partial charge >= 0.3 is 0 Å². The van der Waals surface area contributed by atoms with Crippen LogP contribution in [-0.4, -0.2) is 14.3 Å². The van der Waals surface area contributed by atoms with Crippen molar-refractivity contribution in [2.45, 2.75) is 30.2 Å². The number of rotatable bonds is 1. The van der Waals surface area contributed by atoms with Crippen LogP contribution in [0, 0.1) is 0 Å². The van der Waals surface area contributed by atoms with Crippen molar-refractivity contribution in [3.8, 4) is 0 Å². The summed E-state index contributed by atoms with van der Waals surface area (Å²) < 4.78 is 26.9. The lowest BCUT2D eigenvalue weighted by Gasteiger charge is -2.22. The molecule has 1 aliphatic heterocycles. The molecular formula is C17H16N2O2S. The number of amidine groups is 1. The Labute approximate surface area is 130 Å². The van der Waals surface area contributed by atoms with Crippen molar-refractivity contribution in [1.82, 2.24) is 4.72 Å². The molecule has 0 saturated carbocycles. The third kappa shape index (κ3) is 2.13. The van der Waals surface area contributed by atoms with E-state index in [9.17, 15) is 8.42 Å². The standard InChI is InChI=1S/C17H16N2O2S/c20-22(21)16-11-4-3-9-14(16)17(19-22)18-15-10-5-7-12-6-1-2-8-13(12)15/h1-4,6,8-9,11,15H,5,7,10H2,(H,18,19). The van der Waals surface area contributed by atoms with Gasteiger partial charge in [-0.3, -0.25) is 9.71 Å². The van der Waals surface area contributed by atoms with E-state index in [-0.39, 0.29) is 6.04 Å². The number of hydrogen-bond donors (Lipinski definition) is 1. The van der Waals surface area contributed by atoms with Gasteiger partial charge in [0.2, 0.25) is 0 Å². The van der Waals surface area contributed by atoms with Crippen LogP contribution in [0.15, 0.2) is 58.4 Å². The SMILES string of the molecule is O=S1(=O)NC(=NC2CCCc3ccccc32)c2ccccc21. The zero-order chi connectivity index (χ0) is 15.2. The van der Waals surface area contributed by atoms with Crippen LogP contribution in [0.25, 0.3) is 0 Å². The van der Waals surface area contributed by atoms with E-state index in [1.807, 2.05) is 18.2 Å². The van der Waals surface area contributed by atoms with E-state index >= 15 is 0 Å². The van der Waals surface area contributed by atoms with E-state index in [1.165, 1.54) is 11.1 Å². The fraction of sp³-hybridized carbons (Fsp3) is 0.235. The average Bonchev–Trinajstić information content (AvgIpc) is 2.79. The lowest BCUT2D eigenvalue weighted by atomic mass is 9.88. The highest BCUT2D eigenvalue weighted by Gasteiger charge is 2.31. The van der Waals surface area contributed by atoms with E-state index < -0.39 is 10.0 Å². The van der Waals surface area contributed by atoms with Gasteiger partial charge in [-0.05, 0) is 42.5 Å². The quantitative estimate of drug-likeness (QED) is 0.880. The van der Waals surface area contributed by atoms with Gasteiger partial charge in [0, 0.05) is 5.56 Å². The van der Waals surface area contributed by atoms with Crippen LogP contribution < -0.4 is 4.72 Å². The molecule has 1 N–H and O–H groups in total. The molecule has 1 heterocycles. The van der Waals surface area contributed by atoms with Crippen LogP contribution in [0.2, 0.25) is 0 Å². The second-order valence-electron chi connectivity index (χ2n) is 5.69. The predicted molar refractivity (Wildman–Crippen MR) is 85.4 cm³/mol. The van der Waals surface area contributed by atoms with Crippen LogP contribution in [0.5, 0.6) is 0 Å². The number of sulfonamides is 1. The van der Waals surface area contributed by atoms with Gasteiger partial charge in [0.1, 0.15) is 5.84 Å². The summed E-state index contributed by atoms with van der Waals surface area (Å²) in [4.78, 5) is 5.06. The van der Waals surface area contributed by atoms with Gasteiger partial charge in [0.15, 0.2) is 0 Å². The Bertz CT molecular complexity index is 872. The summed E-state index contributed by atoms with van der Waals surface area (Å²) >= 11 is 0. The molecule has 1 atom stereocenters. The van der Waals surface area contributed by atoms with Gasteiger partial charge in [-0.15, -0.1) is 0 Å². The van der Waals surface area contributed by atoms with Crippen molar-refractivity contribution in [2.24, 2.45) is 4.99 Å². The summed E-state index contributed by atoms with van der Waals surface area (Å²) in [5.74, 6) is 0.470. The summed E-state index contributed by atoms with van der Waals surface area (Å²) in [6.45, 7) is 0. The van der Waals surface area contributed by atoms with Crippen molar-refractivity contribution < 1.29 is 8.42 Å². The molecule has 1 unspecified atom stereocenters. The third-order valence-corrected chi connectivity index (χ3v) is 5.68. The van der Waals surface area contributed by atoms with Crippen molar-refractivity contribution >= 4 is 15.9 Å². The Morgan fingerprint density at radius 2 is 1.82 bits per heavy atom. The molecule has 0 radical (unpaired) electrons. The maximum atomic E-state index is 12.2. The lowest BCUT2D eigenvalue weighted by Crippen LogP contribution is -2.23. The first-order valence-corrected chi connectivity index (χ1v) is 8.91. The molecule has 0 spiro atoms. The fourth-order valence-electron chi connectivity index (χ4n) is 3.25. The number of aryl methyl sites for hydroxylation is 1. The summed E-state index contributed by atoms with van der Waals surface area (Å²) in [7, 11) is -3.46. The highest BCUT2D eigenvalue weighted by atomic mass is 32.2. The molecule has 5 heteroatoms. The average molecular weight is 312 g/mol. The first-order valence-electron chi connectivity index (χ1n) is 7.43. The van der Waals surface area contributed by atoms with Gasteiger partial charge < -0.3 is 0 Å². The Morgan fingerprint density at radius 1 is 1.05 bits per heavy atom. The molecule has 0 fully saturated rings. The van der Waals surface area contributed by atoms with E-state index in [0.29, 0.717) is 16.3 Å². The summed E-state index contributed by atoms with van der Waals surface area (Å²) in [6.07, 6.45) is 3.09. The number of hydrogen-bond acceptors (Lipinski definition) is 3. The maximum Gasteiger partial charge on any atom is 0.263 e. The highest BCUT2D eigenvalue weighted by Crippen LogP contribution is 2.34. The van der Waals surface area contributed by atoms with Crippen LogP contribution in [-0.2, 0) is 16.4 Å². The molecule has 2 aromatic rings. The summed E-state index contributed by atoms with van der Waals surface area (Å²) in [5.41, 5.74) is 3.20. The Morgan fingerprint density at radius 3 is 2.73 bits per heavy atom. The zero-order valence-corrected chi connectivity index (χ0v) is 12.8. The predicted octanol–water partition coefficient (Wildman–Crippen LogP) is 2.80. The van der Waals surface area contributed by atoms with Gasteiger partial charge in [0.25, 0.3) is 10.0 Å². The van der Waals surface area contributed by atoms with Gasteiger partial charge in [-0.2, -0.15) is 0 Å². The topological polar surface area (TPSA) is 58.5 Å². The molecule has 112 valence electrons. The molecule has 2 aromatic carbocycles. The van der Waals surface area contributed by atoms with E-state index in [1.54, 1.807) is 18.2 Å². The first kappa shape index (κ1) is 13.5. The molecule has 0 saturated heterocycles. The monoisotopic (exact) mass is 312 g/mol. The molecule has 0 amide bonds. The van der Waals surface area contributed by atoms with Crippen molar-refractivity contribution in [2.75, 3.05) is 0 Å². The van der Waals surface area contributed by atoms with Crippen LogP contribution in [0.3, 0.4) is 0 Å². The number of fused-ring (bicyclic) bond motifs is 2. The van der Waals surface area contributed by atoms with Crippen molar-refractivity contribution in [3.63, 3.8) is 0 Å². The Balaban J connectivity index is 1.80. The zero-order valence-electron chi connectivity index (χ0n) is 12.0. The fourth-order valence-corrected chi connectivity index (χ4v) is 4.49. The normalized spacial score (nSPS) is 23.6. The van der Waals surface area contributed by atoms with E-state index in [4.69, 9.17) is 4.99 Å². The van der Waals surface area contributed by atoms with Crippen molar-refractivity contribution in [3.05, 3.63) is 65.2 Å². The molecule has 22 heavy (non-hydrogen) atoms.